The second-order valence-electron chi connectivity index (χ2n) is 9.16. The number of amides is 2. The van der Waals surface area contributed by atoms with Crippen LogP contribution in [0.4, 0.5) is 32.2 Å². The van der Waals surface area contributed by atoms with Crippen molar-refractivity contribution in [3.63, 3.8) is 0 Å². The summed E-state index contributed by atoms with van der Waals surface area (Å²) in [4.78, 5) is 33.6. The third-order valence-electron chi connectivity index (χ3n) is 6.59. The average Bonchev–Trinajstić information content (AvgIpc) is 3.46. The number of benzene rings is 1. The quantitative estimate of drug-likeness (QED) is 0.367. The van der Waals surface area contributed by atoms with Crippen LogP contribution in [0.2, 0.25) is 0 Å². The Morgan fingerprint density at radius 1 is 1.10 bits per heavy atom. The van der Waals surface area contributed by atoms with Crippen molar-refractivity contribution in [2.75, 3.05) is 18.8 Å². The van der Waals surface area contributed by atoms with Gasteiger partial charge < -0.3 is 16.0 Å². The molecule has 1 saturated heterocycles. The molecule has 3 aromatic heterocycles. The molecule has 2 atom stereocenters. The minimum Gasteiger partial charge on any atom is -0.382 e. The first-order valence-electron chi connectivity index (χ1n) is 11.7. The number of carbonyl (C=O) groups excluding carboxylic acids is 2. The molecule has 1 aliphatic rings. The van der Waals surface area contributed by atoms with Crippen molar-refractivity contribution in [3.8, 4) is 11.3 Å². The van der Waals surface area contributed by atoms with Crippen molar-refractivity contribution >= 4 is 23.1 Å². The second-order valence-corrected chi connectivity index (χ2v) is 9.16. The normalized spacial score (nSPS) is 17.4. The Kier molecular flexibility index (Phi) is 6.59. The van der Waals surface area contributed by atoms with Crippen LogP contribution in [0.3, 0.4) is 0 Å². The number of likely N-dealkylation sites (tertiary alicyclic amines) is 1. The number of nitrogen functional groups attached to an aromatic ring is 1. The van der Waals surface area contributed by atoms with Crippen LogP contribution in [0.25, 0.3) is 16.8 Å². The highest BCUT2D eigenvalue weighted by Crippen LogP contribution is 2.38. The van der Waals surface area contributed by atoms with E-state index in [-0.39, 0.29) is 29.2 Å². The van der Waals surface area contributed by atoms with Gasteiger partial charge in [0.25, 0.3) is 11.8 Å². The van der Waals surface area contributed by atoms with E-state index in [0.29, 0.717) is 18.0 Å². The van der Waals surface area contributed by atoms with Crippen molar-refractivity contribution in [1.29, 1.82) is 0 Å². The number of halogens is 6. The number of aryl methyl sites for hydroxylation is 1. The van der Waals surface area contributed by atoms with Gasteiger partial charge in [0.05, 0.1) is 36.2 Å². The third-order valence-corrected chi connectivity index (χ3v) is 6.59. The number of carbonyl (C=O) groups is 2. The summed E-state index contributed by atoms with van der Waals surface area (Å²) in [6.07, 6.45) is -4.22. The minimum atomic E-state index is -4.77. The summed E-state index contributed by atoms with van der Waals surface area (Å²) < 4.78 is 84.9. The molecule has 0 aliphatic carbocycles. The molecule has 1 aliphatic heterocycles. The molecule has 1 fully saturated rings. The SMILES string of the molecule is Cc1ccc(-c2cc(C(F)(F)F)c3c(N)ncnn23)cc1C(=O)N[C@@H]1CN(C(=O)c2c(F)cncc2F)C[C@@H]1F. The molecule has 4 heterocycles. The van der Waals surface area contributed by atoms with E-state index in [0.717, 1.165) is 21.8 Å². The Labute approximate surface area is 221 Å². The number of aromatic nitrogens is 4. The average molecular weight is 563 g/mol. The zero-order chi connectivity index (χ0) is 28.9. The van der Waals surface area contributed by atoms with E-state index in [1.807, 2.05) is 0 Å². The Morgan fingerprint density at radius 2 is 1.80 bits per heavy atom. The summed E-state index contributed by atoms with van der Waals surface area (Å²) in [5.41, 5.74) is 3.90. The summed E-state index contributed by atoms with van der Waals surface area (Å²) in [5.74, 6) is -4.68. The van der Waals surface area contributed by atoms with Gasteiger partial charge in [-0.1, -0.05) is 12.1 Å². The molecule has 208 valence electrons. The summed E-state index contributed by atoms with van der Waals surface area (Å²) in [7, 11) is 0. The lowest BCUT2D eigenvalue weighted by atomic mass is 10.0. The fourth-order valence-corrected chi connectivity index (χ4v) is 4.60. The molecule has 0 unspecified atom stereocenters. The number of hydrogen-bond acceptors (Lipinski definition) is 6. The molecule has 9 nitrogen and oxygen atoms in total. The molecule has 4 aromatic rings. The predicted octanol–water partition coefficient (Wildman–Crippen LogP) is 3.57. The van der Waals surface area contributed by atoms with Crippen molar-refractivity contribution in [3.05, 3.63) is 76.9 Å². The highest BCUT2D eigenvalue weighted by molar-refractivity contribution is 5.98. The standard InChI is InChI=1S/C25H19F6N7O2/c1-11-2-3-12(19-5-14(25(29,30)31)21-22(32)34-10-35-38(19)21)4-13(11)23(39)36-18-9-37(8-17(18)28)24(40)20-15(26)6-33-7-16(20)27/h2-7,10,17-18H,8-9H2,1H3,(H,36,39)(H2,32,34,35)/t17-,18+/m0/s1. The van der Waals surface area contributed by atoms with Crippen molar-refractivity contribution in [2.24, 2.45) is 0 Å². The molecule has 0 saturated carbocycles. The second kappa shape index (κ2) is 9.81. The number of rotatable bonds is 4. The first kappa shape index (κ1) is 26.9. The van der Waals surface area contributed by atoms with Gasteiger partial charge in [-0.05, 0) is 24.6 Å². The maximum Gasteiger partial charge on any atom is 0.418 e. The van der Waals surface area contributed by atoms with Crippen molar-refractivity contribution in [2.45, 2.75) is 25.3 Å². The summed E-state index contributed by atoms with van der Waals surface area (Å²) in [6, 6.07) is 3.91. The molecule has 0 spiro atoms. The van der Waals surface area contributed by atoms with E-state index in [9.17, 15) is 35.9 Å². The summed E-state index contributed by atoms with van der Waals surface area (Å²) >= 11 is 0. The summed E-state index contributed by atoms with van der Waals surface area (Å²) in [5, 5.41) is 6.35. The van der Waals surface area contributed by atoms with Crippen LogP contribution in [-0.2, 0) is 6.18 Å². The number of hydrogen-bond donors (Lipinski definition) is 2. The predicted molar refractivity (Wildman–Crippen MR) is 129 cm³/mol. The van der Waals surface area contributed by atoms with E-state index in [1.165, 1.54) is 18.2 Å². The van der Waals surface area contributed by atoms with Gasteiger partial charge in [-0.3, -0.25) is 14.6 Å². The lowest BCUT2D eigenvalue weighted by Crippen LogP contribution is -2.42. The number of nitrogens with zero attached hydrogens (tertiary/aromatic N) is 5. The number of nitrogens with one attached hydrogen (secondary N) is 1. The highest BCUT2D eigenvalue weighted by Gasteiger charge is 2.39. The first-order chi connectivity index (χ1) is 18.9. The topological polar surface area (TPSA) is 119 Å². The fraction of sp³-hybridized carbons (Fsp3) is 0.240. The number of pyridine rings is 1. The van der Waals surface area contributed by atoms with Crippen molar-refractivity contribution in [1.82, 2.24) is 29.8 Å². The Hall–Kier alpha value is -4.69. The molecule has 0 radical (unpaired) electrons. The minimum absolute atomic E-state index is 0.0197. The molecular weight excluding hydrogens is 544 g/mol. The molecule has 2 amide bonds. The molecular formula is C25H19F6N7O2. The maximum atomic E-state index is 14.8. The fourth-order valence-electron chi connectivity index (χ4n) is 4.60. The largest absolute Gasteiger partial charge is 0.418 e. The lowest BCUT2D eigenvalue weighted by molar-refractivity contribution is -0.136. The molecule has 5 rings (SSSR count). The number of fused-ring (bicyclic) bond motifs is 1. The van der Waals surface area contributed by atoms with E-state index in [2.05, 4.69) is 20.4 Å². The molecule has 0 bridgehead atoms. The highest BCUT2D eigenvalue weighted by atomic mass is 19.4. The maximum absolute atomic E-state index is 14.8. The van der Waals surface area contributed by atoms with Crippen LogP contribution in [-0.4, -0.2) is 61.6 Å². The monoisotopic (exact) mass is 563 g/mol. The zero-order valence-electron chi connectivity index (χ0n) is 20.5. The van der Waals surface area contributed by atoms with E-state index in [1.54, 1.807) is 6.92 Å². The number of anilines is 1. The van der Waals surface area contributed by atoms with Gasteiger partial charge in [0.15, 0.2) is 17.5 Å². The van der Waals surface area contributed by atoms with Crippen LogP contribution < -0.4 is 11.1 Å². The number of alkyl halides is 4. The Bertz CT molecular complexity index is 1630. The van der Waals surface area contributed by atoms with E-state index in [4.69, 9.17) is 5.73 Å². The van der Waals surface area contributed by atoms with Gasteiger partial charge >= 0.3 is 6.18 Å². The van der Waals surface area contributed by atoms with Gasteiger partial charge in [0.1, 0.15) is 23.6 Å². The van der Waals surface area contributed by atoms with Crippen LogP contribution in [0.1, 0.15) is 31.8 Å². The van der Waals surface area contributed by atoms with Crippen LogP contribution in [0.5, 0.6) is 0 Å². The van der Waals surface area contributed by atoms with E-state index >= 15 is 0 Å². The van der Waals surface area contributed by atoms with Gasteiger partial charge in [0.2, 0.25) is 0 Å². The van der Waals surface area contributed by atoms with Gasteiger partial charge in [-0.15, -0.1) is 0 Å². The number of nitrogens with two attached hydrogens (primary N) is 1. The molecule has 40 heavy (non-hydrogen) atoms. The van der Waals surface area contributed by atoms with E-state index < -0.39 is 65.0 Å². The zero-order valence-corrected chi connectivity index (χ0v) is 20.5. The Morgan fingerprint density at radius 3 is 2.48 bits per heavy atom. The van der Waals surface area contributed by atoms with Crippen LogP contribution >= 0.6 is 0 Å². The first-order valence-corrected chi connectivity index (χ1v) is 11.7. The lowest BCUT2D eigenvalue weighted by Gasteiger charge is -2.18. The van der Waals surface area contributed by atoms with Crippen LogP contribution in [0.15, 0.2) is 43.0 Å². The van der Waals surface area contributed by atoms with Gasteiger partial charge in [-0.25, -0.2) is 22.7 Å². The Balaban J connectivity index is 1.42. The van der Waals surface area contributed by atoms with Crippen LogP contribution in [0, 0.1) is 18.6 Å². The smallest absolute Gasteiger partial charge is 0.382 e. The molecule has 3 N–H and O–H groups in total. The molecule has 1 aromatic carbocycles. The van der Waals surface area contributed by atoms with Gasteiger partial charge in [0, 0.05) is 17.7 Å². The summed E-state index contributed by atoms with van der Waals surface area (Å²) in [6.45, 7) is 0.671. The third kappa shape index (κ3) is 4.67. The van der Waals surface area contributed by atoms with Crippen molar-refractivity contribution < 1.29 is 35.9 Å². The van der Waals surface area contributed by atoms with Gasteiger partial charge in [-0.2, -0.15) is 18.3 Å². The molecule has 15 heteroatoms.